The van der Waals surface area contributed by atoms with Crippen LogP contribution in [0.15, 0.2) is 67.0 Å². The third kappa shape index (κ3) is 4.31. The molecule has 5 heteroatoms. The van der Waals surface area contributed by atoms with E-state index in [0.29, 0.717) is 0 Å². The van der Waals surface area contributed by atoms with Crippen molar-refractivity contribution in [3.8, 4) is 0 Å². The van der Waals surface area contributed by atoms with Gasteiger partial charge in [-0.1, -0.05) is 32.6 Å². The molecule has 1 unspecified atom stereocenters. The third-order valence-electron chi connectivity index (χ3n) is 4.05. The van der Waals surface area contributed by atoms with Gasteiger partial charge in [-0.25, -0.2) is 9.40 Å². The maximum Gasteiger partial charge on any atom is 0.123 e. The van der Waals surface area contributed by atoms with Gasteiger partial charge in [0.25, 0.3) is 0 Å². The van der Waals surface area contributed by atoms with Gasteiger partial charge in [0.15, 0.2) is 0 Å². The first-order valence-electron chi connectivity index (χ1n) is 8.71. The highest BCUT2D eigenvalue weighted by molar-refractivity contribution is 5.98. The van der Waals surface area contributed by atoms with Crippen molar-refractivity contribution in [3.63, 3.8) is 0 Å². The number of halogens is 1. The lowest BCUT2D eigenvalue weighted by molar-refractivity contribution is 0.240. The van der Waals surface area contributed by atoms with Gasteiger partial charge < -0.3 is 15.7 Å². The van der Waals surface area contributed by atoms with E-state index >= 15 is 0 Å². The maximum absolute atomic E-state index is 13.3. The van der Waals surface area contributed by atoms with Crippen molar-refractivity contribution < 1.29 is 4.39 Å². The molecule has 0 amide bonds. The van der Waals surface area contributed by atoms with E-state index in [4.69, 9.17) is 5.73 Å². The van der Waals surface area contributed by atoms with E-state index in [9.17, 15) is 4.39 Å². The summed E-state index contributed by atoms with van der Waals surface area (Å²) in [7, 11) is 3.84. The summed E-state index contributed by atoms with van der Waals surface area (Å²) < 4.78 is 15.3. The third-order valence-corrected chi connectivity index (χ3v) is 4.05. The van der Waals surface area contributed by atoms with E-state index in [2.05, 4.69) is 12.0 Å². The Morgan fingerprint density at radius 3 is 2.31 bits per heavy atom. The Balaban J connectivity index is 0.00000117. The Kier molecular flexibility index (Phi) is 6.55. The smallest absolute Gasteiger partial charge is 0.123 e. The average molecular weight is 354 g/mol. The fourth-order valence-corrected chi connectivity index (χ4v) is 2.70. The molecule has 3 N–H and O–H groups in total. The van der Waals surface area contributed by atoms with Crippen molar-refractivity contribution in [2.45, 2.75) is 20.0 Å². The van der Waals surface area contributed by atoms with Gasteiger partial charge in [0, 0.05) is 37.6 Å². The number of nitrogens with two attached hydrogens (primary N) is 1. The minimum atomic E-state index is -0.297. The van der Waals surface area contributed by atoms with Crippen molar-refractivity contribution in [1.29, 1.82) is 0 Å². The van der Waals surface area contributed by atoms with E-state index in [0.717, 1.165) is 28.0 Å². The van der Waals surface area contributed by atoms with Crippen LogP contribution in [0.5, 0.6) is 0 Å². The molecule has 0 bridgehead atoms. The molecule has 0 aliphatic carbocycles. The number of hydrogen-bond acceptors (Lipinski definition) is 3. The quantitative estimate of drug-likeness (QED) is 0.860. The Morgan fingerprint density at radius 1 is 1.08 bits per heavy atom. The topological polar surface area (TPSA) is 46.2 Å². The zero-order valence-electron chi connectivity index (χ0n) is 15.8. The molecule has 0 radical (unpaired) electrons. The molecule has 2 heterocycles. The predicted octanol–water partition coefficient (Wildman–Crippen LogP) is 3.91. The number of allylic oxidation sites excluding steroid dienone is 3. The number of rotatable bonds is 2. The largest absolute Gasteiger partial charge is 0.357 e. The number of nitrogens with one attached hydrogen (secondary N) is 1. The lowest BCUT2D eigenvalue weighted by Gasteiger charge is -2.29. The molecule has 4 nitrogen and oxygen atoms in total. The van der Waals surface area contributed by atoms with E-state index in [-0.39, 0.29) is 12.0 Å². The van der Waals surface area contributed by atoms with Crippen LogP contribution in [0.4, 0.5) is 4.39 Å². The van der Waals surface area contributed by atoms with Crippen LogP contribution in [-0.4, -0.2) is 22.8 Å². The molecule has 3 rings (SSSR count). The Morgan fingerprint density at radius 2 is 1.73 bits per heavy atom. The zero-order valence-corrected chi connectivity index (χ0v) is 15.8. The van der Waals surface area contributed by atoms with Crippen LogP contribution in [-0.2, 0) is 7.05 Å². The number of likely N-dealkylation sites (N-methyl/N-ethyl adjacent to an activating group) is 1. The molecule has 138 valence electrons. The molecule has 2 aromatic rings. The zero-order chi connectivity index (χ0) is 19.3. The van der Waals surface area contributed by atoms with Crippen molar-refractivity contribution in [3.05, 3.63) is 84.0 Å². The number of hydrogen-bond donors (Lipinski definition) is 2. The van der Waals surface area contributed by atoms with Crippen LogP contribution in [0.3, 0.4) is 0 Å². The second kappa shape index (κ2) is 8.65. The summed E-state index contributed by atoms with van der Waals surface area (Å²) >= 11 is 0. The van der Waals surface area contributed by atoms with Crippen LogP contribution in [0, 0.1) is 5.82 Å². The van der Waals surface area contributed by atoms with Crippen molar-refractivity contribution in [1.82, 2.24) is 15.0 Å². The highest BCUT2D eigenvalue weighted by atomic mass is 19.1. The van der Waals surface area contributed by atoms with Crippen LogP contribution in [0.25, 0.3) is 11.3 Å². The van der Waals surface area contributed by atoms with Gasteiger partial charge in [-0.05, 0) is 41.5 Å². The summed E-state index contributed by atoms with van der Waals surface area (Å²) in [6.07, 6.45) is 7.53. The molecule has 1 aliphatic heterocycles. The highest BCUT2D eigenvalue weighted by Crippen LogP contribution is 2.32. The first kappa shape index (κ1) is 19.7. The molecule has 26 heavy (non-hydrogen) atoms. The van der Waals surface area contributed by atoms with Gasteiger partial charge in [0.2, 0.25) is 0 Å². The molecular weight excluding hydrogens is 327 g/mol. The van der Waals surface area contributed by atoms with Crippen LogP contribution in [0.1, 0.15) is 25.0 Å². The highest BCUT2D eigenvalue weighted by Gasteiger charge is 2.19. The van der Waals surface area contributed by atoms with Crippen LogP contribution >= 0.6 is 0 Å². The van der Waals surface area contributed by atoms with E-state index in [1.165, 1.54) is 12.1 Å². The van der Waals surface area contributed by atoms with Gasteiger partial charge in [0.1, 0.15) is 5.82 Å². The Labute approximate surface area is 155 Å². The molecule has 0 spiro atoms. The molecule has 1 aromatic carbocycles. The lowest BCUT2D eigenvalue weighted by Crippen LogP contribution is -2.46. The normalized spacial score (nSPS) is 21.9. The van der Waals surface area contributed by atoms with E-state index < -0.39 is 0 Å². The van der Waals surface area contributed by atoms with Gasteiger partial charge in [-0.3, -0.25) is 0 Å². The fourth-order valence-electron chi connectivity index (χ4n) is 2.70. The summed E-state index contributed by atoms with van der Waals surface area (Å²) in [5.74, 6) is -0.268. The number of hydrazine groups is 1. The van der Waals surface area contributed by atoms with Gasteiger partial charge in [0.05, 0.1) is 11.9 Å². The molecule has 1 aromatic heterocycles. The second-order valence-electron chi connectivity index (χ2n) is 5.92. The van der Waals surface area contributed by atoms with Gasteiger partial charge in [-0.2, -0.15) is 0 Å². The SMILES string of the molecule is C=C1/C=C\C(N)N(C)N/C(c2ccc(F)cc2)=C\1c1ccn(C)c1.CC. The molecule has 0 saturated heterocycles. The Bertz CT molecular complexity index is 815. The summed E-state index contributed by atoms with van der Waals surface area (Å²) in [5, 5.41) is 1.81. The minimum absolute atomic E-state index is 0.268. The summed E-state index contributed by atoms with van der Waals surface area (Å²) in [5.41, 5.74) is 14.0. The second-order valence-corrected chi connectivity index (χ2v) is 5.92. The number of aromatic nitrogens is 1. The van der Waals surface area contributed by atoms with Gasteiger partial charge in [-0.15, -0.1) is 0 Å². The first-order valence-corrected chi connectivity index (χ1v) is 8.71. The maximum atomic E-state index is 13.3. The lowest BCUT2D eigenvalue weighted by atomic mass is 9.94. The summed E-state index contributed by atoms with van der Waals surface area (Å²) in [6.45, 7) is 8.19. The molecule has 0 fully saturated rings. The van der Waals surface area contributed by atoms with Gasteiger partial charge >= 0.3 is 0 Å². The molecular formula is C21H27FN4. The molecule has 1 aliphatic rings. The number of benzene rings is 1. The van der Waals surface area contributed by atoms with E-state index in [1.807, 2.05) is 68.1 Å². The van der Waals surface area contributed by atoms with Crippen LogP contribution < -0.4 is 11.2 Å². The predicted molar refractivity (Wildman–Crippen MR) is 107 cm³/mol. The fraction of sp³-hybridized carbons (Fsp3) is 0.238. The molecule has 0 saturated carbocycles. The number of nitrogens with zero attached hydrogens (tertiary/aromatic N) is 2. The summed E-state index contributed by atoms with van der Waals surface area (Å²) in [6, 6.07) is 8.42. The summed E-state index contributed by atoms with van der Waals surface area (Å²) in [4.78, 5) is 0. The standard InChI is InChI=1S/C19H21FN4.C2H6/c1-13-4-9-17(21)24(3)22-19(14-5-7-16(20)8-6-14)18(13)15-10-11-23(2)12-15;1-2/h4-12,17,22H,1,21H2,2-3H3;1-2H3/b9-4-,19-18+;. The van der Waals surface area contributed by atoms with Crippen LogP contribution in [0.2, 0.25) is 0 Å². The molecule has 1 atom stereocenters. The van der Waals surface area contributed by atoms with E-state index in [1.54, 1.807) is 12.1 Å². The van der Waals surface area contributed by atoms with Crippen molar-refractivity contribution in [2.75, 3.05) is 7.05 Å². The minimum Gasteiger partial charge on any atom is -0.357 e. The van der Waals surface area contributed by atoms with Crippen molar-refractivity contribution >= 4 is 11.3 Å². The van der Waals surface area contributed by atoms with Crippen molar-refractivity contribution in [2.24, 2.45) is 12.8 Å². The first-order chi connectivity index (χ1) is 12.5. The average Bonchev–Trinajstić information content (AvgIpc) is 3.06. The monoisotopic (exact) mass is 354 g/mol. The Hall–Kier alpha value is -2.63. The number of aryl methyl sites for hydroxylation is 1.